The lowest BCUT2D eigenvalue weighted by molar-refractivity contribution is -0.146. The summed E-state index contributed by atoms with van der Waals surface area (Å²) < 4.78 is 0. The van der Waals surface area contributed by atoms with Crippen molar-refractivity contribution in [1.29, 1.82) is 0 Å². The van der Waals surface area contributed by atoms with Crippen LogP contribution in [0.4, 0.5) is 0 Å². The number of carboxylic acids is 1. The molecule has 4 nitrogen and oxygen atoms in total. The Labute approximate surface area is 90.0 Å². The number of nitrogens with one attached hydrogen (secondary N) is 1. The van der Waals surface area contributed by atoms with Gasteiger partial charge in [-0.2, -0.15) is 0 Å². The van der Waals surface area contributed by atoms with Gasteiger partial charge in [0.05, 0.1) is 5.41 Å². The molecule has 0 aromatic rings. The fourth-order valence-electron chi connectivity index (χ4n) is 1.62. The topological polar surface area (TPSA) is 66.4 Å². The maximum atomic E-state index is 11.0. The van der Waals surface area contributed by atoms with Crippen LogP contribution in [0.3, 0.4) is 0 Å². The van der Waals surface area contributed by atoms with Crippen molar-refractivity contribution in [1.82, 2.24) is 5.32 Å². The molecule has 0 unspecified atom stereocenters. The van der Waals surface area contributed by atoms with Gasteiger partial charge in [0.25, 0.3) is 0 Å². The standard InChI is InChI=1S/C11H19NO3/c1-11(2,10(14)15)7-12-8-3-5-9(13)6-4-8/h8,12H,3-7H2,1-2H3,(H,14,15). The normalized spacial score (nSPS) is 19.2. The molecule has 1 aliphatic carbocycles. The van der Waals surface area contributed by atoms with Crippen LogP contribution in [-0.4, -0.2) is 29.4 Å². The van der Waals surface area contributed by atoms with Gasteiger partial charge in [-0.25, -0.2) is 0 Å². The summed E-state index contributed by atoms with van der Waals surface area (Å²) in [5.41, 5.74) is -0.735. The number of carbonyl (C=O) groups is 2. The number of aliphatic carboxylic acids is 1. The van der Waals surface area contributed by atoms with E-state index < -0.39 is 11.4 Å². The van der Waals surface area contributed by atoms with Gasteiger partial charge in [0.15, 0.2) is 0 Å². The summed E-state index contributed by atoms with van der Waals surface area (Å²) in [4.78, 5) is 21.8. The summed E-state index contributed by atoms with van der Waals surface area (Å²) in [6.07, 6.45) is 2.94. The molecule has 1 saturated carbocycles. The highest BCUT2D eigenvalue weighted by Crippen LogP contribution is 2.18. The molecule has 0 amide bonds. The summed E-state index contributed by atoms with van der Waals surface area (Å²) in [7, 11) is 0. The Kier molecular flexibility index (Phi) is 3.85. The lowest BCUT2D eigenvalue weighted by Gasteiger charge is -2.27. The summed E-state index contributed by atoms with van der Waals surface area (Å²) in [6.45, 7) is 3.87. The van der Waals surface area contributed by atoms with E-state index in [1.54, 1.807) is 13.8 Å². The summed E-state index contributed by atoms with van der Waals surface area (Å²) in [5, 5.41) is 12.1. The quantitative estimate of drug-likeness (QED) is 0.736. The molecule has 15 heavy (non-hydrogen) atoms. The first-order chi connectivity index (χ1) is 6.92. The minimum atomic E-state index is -0.790. The Hall–Kier alpha value is -0.900. The van der Waals surface area contributed by atoms with Crippen molar-refractivity contribution in [3.05, 3.63) is 0 Å². The van der Waals surface area contributed by atoms with Gasteiger partial charge in [-0.15, -0.1) is 0 Å². The molecule has 0 aromatic heterocycles. The monoisotopic (exact) mass is 213 g/mol. The van der Waals surface area contributed by atoms with Gasteiger partial charge in [-0.05, 0) is 26.7 Å². The second-order valence-corrected chi connectivity index (χ2v) is 4.88. The van der Waals surface area contributed by atoms with Crippen LogP contribution in [0.1, 0.15) is 39.5 Å². The first-order valence-corrected chi connectivity index (χ1v) is 5.40. The number of carbonyl (C=O) groups excluding carboxylic acids is 1. The van der Waals surface area contributed by atoms with E-state index in [2.05, 4.69) is 5.32 Å². The lowest BCUT2D eigenvalue weighted by atomic mass is 9.90. The Bertz CT molecular complexity index is 251. The lowest BCUT2D eigenvalue weighted by Crippen LogP contribution is -2.42. The van der Waals surface area contributed by atoms with Gasteiger partial charge in [-0.1, -0.05) is 0 Å². The second-order valence-electron chi connectivity index (χ2n) is 4.88. The minimum absolute atomic E-state index is 0.307. The van der Waals surface area contributed by atoms with Crippen LogP contribution in [0.25, 0.3) is 0 Å². The minimum Gasteiger partial charge on any atom is -0.481 e. The average Bonchev–Trinajstić information content (AvgIpc) is 2.17. The Morgan fingerprint density at radius 1 is 1.47 bits per heavy atom. The van der Waals surface area contributed by atoms with Crippen LogP contribution < -0.4 is 5.32 Å². The van der Waals surface area contributed by atoms with Gasteiger partial charge in [-0.3, -0.25) is 9.59 Å². The number of hydrogen-bond donors (Lipinski definition) is 2. The SMILES string of the molecule is CC(C)(CNC1CCC(=O)CC1)C(=O)O. The van der Waals surface area contributed by atoms with Gasteiger partial charge in [0, 0.05) is 25.4 Å². The zero-order valence-corrected chi connectivity index (χ0v) is 9.38. The molecule has 0 bridgehead atoms. The summed E-state index contributed by atoms with van der Waals surface area (Å²) >= 11 is 0. The highest BCUT2D eigenvalue weighted by molar-refractivity contribution is 5.79. The predicted octanol–water partition coefficient (Wildman–Crippen LogP) is 1.20. The molecule has 0 aliphatic heterocycles. The molecule has 1 aliphatic rings. The average molecular weight is 213 g/mol. The molecule has 1 fully saturated rings. The third-order valence-corrected chi connectivity index (χ3v) is 2.95. The first-order valence-electron chi connectivity index (χ1n) is 5.40. The van der Waals surface area contributed by atoms with Crippen molar-refractivity contribution in [3.63, 3.8) is 0 Å². The molecule has 86 valence electrons. The molecule has 0 atom stereocenters. The Morgan fingerprint density at radius 2 is 2.00 bits per heavy atom. The molecular weight excluding hydrogens is 194 g/mol. The molecule has 0 aromatic carbocycles. The first kappa shape index (κ1) is 12.2. The van der Waals surface area contributed by atoms with Crippen molar-refractivity contribution >= 4 is 11.8 Å². The van der Waals surface area contributed by atoms with Crippen LogP contribution in [-0.2, 0) is 9.59 Å². The number of rotatable bonds is 4. The van der Waals surface area contributed by atoms with E-state index in [4.69, 9.17) is 5.11 Å². The van der Waals surface area contributed by atoms with Gasteiger partial charge in [0.2, 0.25) is 0 Å². The van der Waals surface area contributed by atoms with Crippen molar-refractivity contribution in [2.45, 2.75) is 45.6 Å². The van der Waals surface area contributed by atoms with Gasteiger partial charge in [0.1, 0.15) is 5.78 Å². The van der Waals surface area contributed by atoms with E-state index in [9.17, 15) is 9.59 Å². The van der Waals surface area contributed by atoms with Crippen molar-refractivity contribution in [3.8, 4) is 0 Å². The van der Waals surface area contributed by atoms with E-state index in [0.717, 1.165) is 12.8 Å². The third-order valence-electron chi connectivity index (χ3n) is 2.95. The van der Waals surface area contributed by atoms with Crippen molar-refractivity contribution in [2.24, 2.45) is 5.41 Å². The molecular formula is C11H19NO3. The second kappa shape index (κ2) is 4.75. The fraction of sp³-hybridized carbons (Fsp3) is 0.818. The van der Waals surface area contributed by atoms with Gasteiger partial charge >= 0.3 is 5.97 Å². The Balaban J connectivity index is 2.31. The highest BCUT2D eigenvalue weighted by atomic mass is 16.4. The number of carboxylic acid groups (broad SMARTS) is 1. The molecule has 4 heteroatoms. The fourth-order valence-corrected chi connectivity index (χ4v) is 1.62. The van der Waals surface area contributed by atoms with E-state index in [-0.39, 0.29) is 0 Å². The largest absolute Gasteiger partial charge is 0.481 e. The number of hydrogen-bond acceptors (Lipinski definition) is 3. The summed E-state index contributed by atoms with van der Waals surface area (Å²) in [5.74, 6) is -0.465. The van der Waals surface area contributed by atoms with E-state index in [0.29, 0.717) is 31.2 Å². The maximum Gasteiger partial charge on any atom is 0.310 e. The Morgan fingerprint density at radius 3 is 2.47 bits per heavy atom. The molecule has 0 saturated heterocycles. The predicted molar refractivity (Wildman–Crippen MR) is 56.7 cm³/mol. The van der Waals surface area contributed by atoms with Gasteiger partial charge < -0.3 is 10.4 Å². The summed E-state index contributed by atoms with van der Waals surface area (Å²) in [6, 6.07) is 0.307. The van der Waals surface area contributed by atoms with E-state index >= 15 is 0 Å². The highest BCUT2D eigenvalue weighted by Gasteiger charge is 2.28. The third kappa shape index (κ3) is 3.63. The smallest absolute Gasteiger partial charge is 0.310 e. The van der Waals surface area contributed by atoms with Crippen LogP contribution in [0.2, 0.25) is 0 Å². The van der Waals surface area contributed by atoms with Crippen LogP contribution >= 0.6 is 0 Å². The van der Waals surface area contributed by atoms with Crippen LogP contribution in [0, 0.1) is 5.41 Å². The van der Waals surface area contributed by atoms with Crippen LogP contribution in [0.5, 0.6) is 0 Å². The maximum absolute atomic E-state index is 11.0. The van der Waals surface area contributed by atoms with Crippen LogP contribution in [0.15, 0.2) is 0 Å². The van der Waals surface area contributed by atoms with E-state index in [1.165, 1.54) is 0 Å². The molecule has 0 radical (unpaired) electrons. The molecule has 0 spiro atoms. The molecule has 0 heterocycles. The number of Topliss-reactive ketones (excluding diaryl/α,β-unsaturated/α-hetero) is 1. The molecule has 1 rings (SSSR count). The van der Waals surface area contributed by atoms with Crippen molar-refractivity contribution < 1.29 is 14.7 Å². The zero-order chi connectivity index (χ0) is 11.5. The van der Waals surface area contributed by atoms with E-state index in [1.807, 2.05) is 0 Å². The number of ketones is 1. The molecule has 2 N–H and O–H groups in total. The zero-order valence-electron chi connectivity index (χ0n) is 9.38. The van der Waals surface area contributed by atoms with Crippen molar-refractivity contribution in [2.75, 3.05) is 6.54 Å².